The van der Waals surface area contributed by atoms with Gasteiger partial charge in [-0.3, -0.25) is 14.4 Å². The molecule has 5 unspecified atom stereocenters. The zero-order valence-corrected chi connectivity index (χ0v) is 26.6. The molecule has 12 heteroatoms. The highest BCUT2D eigenvalue weighted by molar-refractivity contribution is 7.98. The number of nitrogens with one attached hydrogen (secondary N) is 5. The predicted octanol–water partition coefficient (Wildman–Crippen LogP) is 3.10. The zero-order chi connectivity index (χ0) is 32.5. The van der Waals surface area contributed by atoms with Gasteiger partial charge in [0.05, 0.1) is 6.04 Å². The molecule has 8 N–H and O–H groups in total. The topological polar surface area (TPSA) is 182 Å². The van der Waals surface area contributed by atoms with Gasteiger partial charge in [0, 0.05) is 47.0 Å². The predicted molar refractivity (Wildman–Crippen MR) is 178 cm³/mol. The number of carboxylic acid groups (broad SMARTS) is 1. The number of nitrogens with two attached hydrogens (primary N) is 1. The van der Waals surface area contributed by atoms with Crippen LogP contribution in [0.3, 0.4) is 0 Å². The lowest BCUT2D eigenvalue weighted by Crippen LogP contribution is -2.58. The number of carbonyl (C=O) groups excluding carboxylic acids is 3. The third-order valence-corrected chi connectivity index (χ3v) is 8.85. The van der Waals surface area contributed by atoms with Gasteiger partial charge in [0.2, 0.25) is 17.7 Å². The normalized spacial score (nSPS) is 14.8. The number of H-pyrrole nitrogens is 2. The first-order chi connectivity index (χ1) is 21.6. The first-order valence-electron chi connectivity index (χ1n) is 15.1. The molecule has 0 fully saturated rings. The van der Waals surface area contributed by atoms with Crippen LogP contribution in [0.4, 0.5) is 0 Å². The molecule has 0 aliphatic carbocycles. The summed E-state index contributed by atoms with van der Waals surface area (Å²) >= 11 is 1.57. The molecule has 3 amide bonds. The second-order valence-electron chi connectivity index (χ2n) is 11.3. The lowest BCUT2D eigenvalue weighted by atomic mass is 9.97. The van der Waals surface area contributed by atoms with E-state index in [1.165, 1.54) is 0 Å². The summed E-state index contributed by atoms with van der Waals surface area (Å²) in [4.78, 5) is 59.3. The molecular weight excluding hydrogens is 592 g/mol. The molecule has 4 aromatic rings. The molecule has 0 saturated heterocycles. The summed E-state index contributed by atoms with van der Waals surface area (Å²) in [5.41, 5.74) is 9.48. The van der Waals surface area contributed by atoms with Crippen molar-refractivity contribution in [3.63, 3.8) is 0 Å². The van der Waals surface area contributed by atoms with Gasteiger partial charge in [-0.1, -0.05) is 56.7 Å². The SMILES string of the molecule is CCC(C)C(NC(=O)C(Cc1c[nH]c2ccccc12)NC(=O)C(Cc1c[nH]c2ccccc12)NC(=O)C(N)CCSC)C(=O)O. The molecule has 11 nitrogen and oxygen atoms in total. The van der Waals surface area contributed by atoms with Crippen molar-refractivity contribution in [2.45, 2.75) is 63.7 Å². The largest absolute Gasteiger partial charge is 0.480 e. The van der Waals surface area contributed by atoms with E-state index in [1.54, 1.807) is 31.1 Å². The molecule has 240 valence electrons. The molecule has 45 heavy (non-hydrogen) atoms. The third kappa shape index (κ3) is 8.46. The number of thioether (sulfide) groups is 1. The van der Waals surface area contributed by atoms with Gasteiger partial charge in [-0.05, 0) is 47.6 Å². The number of carboxylic acids is 1. The molecule has 0 radical (unpaired) electrons. The summed E-state index contributed by atoms with van der Waals surface area (Å²) in [6.07, 6.45) is 6.70. The smallest absolute Gasteiger partial charge is 0.326 e. The minimum absolute atomic E-state index is 0.0927. The van der Waals surface area contributed by atoms with Crippen LogP contribution in [-0.4, -0.2) is 74.9 Å². The van der Waals surface area contributed by atoms with E-state index in [0.717, 1.165) is 32.9 Å². The van der Waals surface area contributed by atoms with Crippen LogP contribution in [0.2, 0.25) is 0 Å². The van der Waals surface area contributed by atoms with Crippen molar-refractivity contribution in [2.75, 3.05) is 12.0 Å². The number of rotatable bonds is 16. The molecule has 2 heterocycles. The van der Waals surface area contributed by atoms with Crippen LogP contribution in [0, 0.1) is 5.92 Å². The molecule has 0 spiro atoms. The van der Waals surface area contributed by atoms with Crippen molar-refractivity contribution in [1.29, 1.82) is 0 Å². The number of hydrogen-bond donors (Lipinski definition) is 7. The van der Waals surface area contributed by atoms with E-state index >= 15 is 0 Å². The van der Waals surface area contributed by atoms with Crippen molar-refractivity contribution in [3.8, 4) is 0 Å². The van der Waals surface area contributed by atoms with E-state index in [9.17, 15) is 24.3 Å². The van der Waals surface area contributed by atoms with Gasteiger partial charge in [0.25, 0.3) is 0 Å². The minimum atomic E-state index is -1.15. The number of hydrogen-bond acceptors (Lipinski definition) is 6. The fraction of sp³-hybridized carbons (Fsp3) is 0.394. The number of aromatic nitrogens is 2. The van der Waals surface area contributed by atoms with Crippen molar-refractivity contribution < 1.29 is 24.3 Å². The number of carbonyl (C=O) groups is 4. The summed E-state index contributed by atoms with van der Waals surface area (Å²) in [7, 11) is 0. The summed E-state index contributed by atoms with van der Waals surface area (Å²) in [5.74, 6) is -2.49. The molecule has 0 bridgehead atoms. The van der Waals surface area contributed by atoms with Gasteiger partial charge in [-0.15, -0.1) is 0 Å². The van der Waals surface area contributed by atoms with Crippen LogP contribution in [0.5, 0.6) is 0 Å². The molecule has 0 aliphatic rings. The first kappa shape index (κ1) is 33.6. The Labute approximate surface area is 266 Å². The highest BCUT2D eigenvalue weighted by atomic mass is 32.2. The van der Waals surface area contributed by atoms with Crippen molar-refractivity contribution in [1.82, 2.24) is 25.9 Å². The first-order valence-corrected chi connectivity index (χ1v) is 16.5. The average molecular weight is 635 g/mol. The van der Waals surface area contributed by atoms with E-state index in [2.05, 4.69) is 25.9 Å². The lowest BCUT2D eigenvalue weighted by molar-refractivity contribution is -0.143. The monoisotopic (exact) mass is 634 g/mol. The van der Waals surface area contributed by atoms with E-state index in [4.69, 9.17) is 5.73 Å². The fourth-order valence-corrected chi connectivity index (χ4v) is 5.81. The Morgan fingerprint density at radius 1 is 0.822 bits per heavy atom. The van der Waals surface area contributed by atoms with Gasteiger partial charge >= 0.3 is 5.97 Å². The summed E-state index contributed by atoms with van der Waals surface area (Å²) in [6.45, 7) is 3.60. The number of fused-ring (bicyclic) bond motifs is 2. The van der Waals surface area contributed by atoms with Crippen LogP contribution in [0.1, 0.15) is 37.8 Å². The minimum Gasteiger partial charge on any atom is -0.480 e. The van der Waals surface area contributed by atoms with Crippen LogP contribution in [0.25, 0.3) is 21.8 Å². The second kappa shape index (κ2) is 15.6. The van der Waals surface area contributed by atoms with E-state index in [1.807, 2.05) is 61.7 Å². The standard InChI is InChI=1S/C33H42N6O5S/c1-4-19(2)29(33(43)44)39-32(42)28(16-21-18-36-26-12-8-6-10-23(21)26)38-31(41)27(37-30(40)24(34)13-14-45-3)15-20-17-35-25-11-7-5-9-22(20)25/h5-12,17-19,24,27-29,35-36H,4,13-16,34H2,1-3H3,(H,37,40)(H,38,41)(H,39,42)(H,43,44). The van der Waals surface area contributed by atoms with E-state index in [0.29, 0.717) is 18.6 Å². The third-order valence-electron chi connectivity index (χ3n) is 8.21. The van der Waals surface area contributed by atoms with E-state index in [-0.39, 0.29) is 18.8 Å². The zero-order valence-electron chi connectivity index (χ0n) is 25.8. The molecule has 2 aromatic carbocycles. The maximum atomic E-state index is 14.0. The van der Waals surface area contributed by atoms with Crippen LogP contribution < -0.4 is 21.7 Å². The maximum absolute atomic E-state index is 14.0. The number of benzene rings is 2. The van der Waals surface area contributed by atoms with Crippen LogP contribution in [-0.2, 0) is 32.0 Å². The molecular formula is C33H42N6O5S. The number of para-hydroxylation sites is 2. The Morgan fingerprint density at radius 3 is 1.80 bits per heavy atom. The highest BCUT2D eigenvalue weighted by Gasteiger charge is 2.33. The Kier molecular flexibility index (Phi) is 11.7. The Bertz CT molecular complexity index is 1630. The Balaban J connectivity index is 1.64. The van der Waals surface area contributed by atoms with Gasteiger partial charge in [-0.2, -0.15) is 11.8 Å². The van der Waals surface area contributed by atoms with E-state index < -0.39 is 47.9 Å². The van der Waals surface area contributed by atoms with Gasteiger partial charge in [0.1, 0.15) is 18.1 Å². The summed E-state index contributed by atoms with van der Waals surface area (Å²) in [5, 5.41) is 19.9. The Hall–Kier alpha value is -4.29. The van der Waals surface area contributed by atoms with Gasteiger partial charge < -0.3 is 36.8 Å². The number of aliphatic carboxylic acids is 1. The lowest BCUT2D eigenvalue weighted by Gasteiger charge is -2.26. The molecule has 5 atom stereocenters. The maximum Gasteiger partial charge on any atom is 0.326 e. The molecule has 4 rings (SSSR count). The second-order valence-corrected chi connectivity index (χ2v) is 12.3. The van der Waals surface area contributed by atoms with Gasteiger partial charge in [0.15, 0.2) is 0 Å². The fourth-order valence-electron chi connectivity index (χ4n) is 5.32. The highest BCUT2D eigenvalue weighted by Crippen LogP contribution is 2.21. The summed E-state index contributed by atoms with van der Waals surface area (Å²) < 4.78 is 0. The van der Waals surface area contributed by atoms with Crippen LogP contribution >= 0.6 is 11.8 Å². The molecule has 0 aliphatic heterocycles. The van der Waals surface area contributed by atoms with Crippen LogP contribution in [0.15, 0.2) is 60.9 Å². The average Bonchev–Trinajstić information content (AvgIpc) is 3.65. The van der Waals surface area contributed by atoms with Crippen molar-refractivity contribution in [3.05, 3.63) is 72.1 Å². The molecule has 2 aromatic heterocycles. The summed E-state index contributed by atoms with van der Waals surface area (Å²) in [6, 6.07) is 11.1. The Morgan fingerprint density at radius 2 is 1.31 bits per heavy atom. The van der Waals surface area contributed by atoms with Crippen molar-refractivity contribution >= 4 is 57.3 Å². The van der Waals surface area contributed by atoms with Gasteiger partial charge in [-0.25, -0.2) is 4.79 Å². The van der Waals surface area contributed by atoms with Crippen molar-refractivity contribution in [2.24, 2.45) is 11.7 Å². The molecule has 0 saturated carbocycles. The number of amides is 3. The number of aromatic amines is 2. The quantitative estimate of drug-likeness (QED) is 0.0988.